The van der Waals surface area contributed by atoms with Crippen molar-refractivity contribution in [2.24, 2.45) is 7.05 Å². The van der Waals surface area contributed by atoms with Crippen molar-refractivity contribution in [1.29, 1.82) is 0 Å². The average molecular weight is 342 g/mol. The number of para-hydroxylation sites is 2. The van der Waals surface area contributed by atoms with Crippen LogP contribution in [0.4, 0.5) is 0 Å². The summed E-state index contributed by atoms with van der Waals surface area (Å²) in [4.78, 5) is 22.0. The summed E-state index contributed by atoms with van der Waals surface area (Å²) in [7, 11) is 2.08. The zero-order chi connectivity index (χ0) is 18.1. The van der Waals surface area contributed by atoms with Crippen LogP contribution in [0.3, 0.4) is 0 Å². The Balaban J connectivity index is 1.82. The zero-order valence-corrected chi connectivity index (χ0v) is 16.1. The monoisotopic (exact) mass is 342 g/mol. The van der Waals surface area contributed by atoms with Crippen LogP contribution in [0.25, 0.3) is 11.0 Å². The maximum absolute atomic E-state index is 12.9. The molecular formula is C20H30N4O. The van der Waals surface area contributed by atoms with Gasteiger partial charge in [0.25, 0.3) is 0 Å². The lowest BCUT2D eigenvalue weighted by Crippen LogP contribution is -2.47. The smallest absolute Gasteiger partial charge is 0.237 e. The molecule has 5 heteroatoms. The largest absolute Gasteiger partial charge is 0.337 e. The zero-order valence-electron chi connectivity index (χ0n) is 16.1. The third-order valence-electron chi connectivity index (χ3n) is 5.22. The van der Waals surface area contributed by atoms with E-state index in [0.717, 1.165) is 36.2 Å². The number of imidazole rings is 1. The van der Waals surface area contributed by atoms with Gasteiger partial charge in [0.2, 0.25) is 5.91 Å². The molecular weight excluding hydrogens is 312 g/mol. The number of fused-ring (bicyclic) bond motifs is 1. The molecule has 1 aromatic carbocycles. The molecule has 3 rings (SSSR count). The second-order valence-electron chi connectivity index (χ2n) is 7.63. The van der Waals surface area contributed by atoms with Crippen molar-refractivity contribution in [3.8, 4) is 0 Å². The molecule has 1 atom stereocenters. The van der Waals surface area contributed by atoms with E-state index in [4.69, 9.17) is 4.98 Å². The number of benzene rings is 1. The number of rotatable bonds is 5. The van der Waals surface area contributed by atoms with Crippen LogP contribution in [-0.4, -0.2) is 50.4 Å². The molecule has 25 heavy (non-hydrogen) atoms. The minimum Gasteiger partial charge on any atom is -0.337 e. The van der Waals surface area contributed by atoms with E-state index in [-0.39, 0.29) is 24.0 Å². The molecule has 1 aliphatic rings. The first kappa shape index (κ1) is 17.9. The average Bonchev–Trinajstić information content (AvgIpc) is 3.11. The topological polar surface area (TPSA) is 41.4 Å². The van der Waals surface area contributed by atoms with E-state index < -0.39 is 0 Å². The molecule has 0 radical (unpaired) electrons. The van der Waals surface area contributed by atoms with Gasteiger partial charge in [-0.3, -0.25) is 9.69 Å². The molecule has 1 amide bonds. The minimum atomic E-state index is 0.218. The third-order valence-corrected chi connectivity index (χ3v) is 5.22. The Hall–Kier alpha value is -1.88. The van der Waals surface area contributed by atoms with Crippen LogP contribution in [0.15, 0.2) is 24.3 Å². The molecule has 0 spiro atoms. The molecule has 1 fully saturated rings. The Morgan fingerprint density at radius 2 is 1.92 bits per heavy atom. The summed E-state index contributed by atoms with van der Waals surface area (Å²) in [5.74, 6) is 1.29. The van der Waals surface area contributed by atoms with Gasteiger partial charge in [0.15, 0.2) is 0 Å². The lowest BCUT2D eigenvalue weighted by molar-refractivity contribution is -0.136. The molecule has 2 heterocycles. The second-order valence-corrected chi connectivity index (χ2v) is 7.63. The standard InChI is InChI=1S/C20H30N4O/c1-14(2)24(15(3)4)19(25)13-23-12-8-11-18(23)20-21-16-9-6-7-10-17(16)22(20)5/h6-7,9-10,14-15,18H,8,11-13H2,1-5H3. The van der Waals surface area contributed by atoms with Crippen LogP contribution in [0.1, 0.15) is 52.4 Å². The number of nitrogens with zero attached hydrogens (tertiary/aromatic N) is 4. The lowest BCUT2D eigenvalue weighted by atomic mass is 10.2. The number of carbonyl (C=O) groups is 1. The highest BCUT2D eigenvalue weighted by atomic mass is 16.2. The summed E-state index contributed by atoms with van der Waals surface area (Å²) < 4.78 is 2.19. The van der Waals surface area contributed by atoms with Crippen LogP contribution in [0.5, 0.6) is 0 Å². The minimum absolute atomic E-state index is 0.218. The number of hydrogen-bond acceptors (Lipinski definition) is 3. The van der Waals surface area contributed by atoms with Gasteiger partial charge in [-0.15, -0.1) is 0 Å². The van der Waals surface area contributed by atoms with E-state index >= 15 is 0 Å². The van der Waals surface area contributed by atoms with Crippen molar-refractivity contribution in [3.05, 3.63) is 30.1 Å². The highest BCUT2D eigenvalue weighted by molar-refractivity contribution is 5.79. The summed E-state index contributed by atoms with van der Waals surface area (Å²) >= 11 is 0. The predicted molar refractivity (Wildman–Crippen MR) is 101 cm³/mol. The van der Waals surface area contributed by atoms with E-state index in [1.165, 1.54) is 0 Å². The summed E-state index contributed by atoms with van der Waals surface area (Å²) in [6, 6.07) is 8.92. The van der Waals surface area contributed by atoms with E-state index in [0.29, 0.717) is 6.54 Å². The van der Waals surface area contributed by atoms with Crippen LogP contribution in [-0.2, 0) is 11.8 Å². The van der Waals surface area contributed by atoms with E-state index in [9.17, 15) is 4.79 Å². The fourth-order valence-electron chi connectivity index (χ4n) is 4.20. The molecule has 136 valence electrons. The Kier molecular flexibility index (Phi) is 5.13. The summed E-state index contributed by atoms with van der Waals surface area (Å²) in [5, 5.41) is 0. The van der Waals surface area contributed by atoms with Gasteiger partial charge in [-0.1, -0.05) is 12.1 Å². The van der Waals surface area contributed by atoms with Crippen LogP contribution < -0.4 is 0 Å². The van der Waals surface area contributed by atoms with Crippen molar-refractivity contribution in [1.82, 2.24) is 19.4 Å². The van der Waals surface area contributed by atoms with Crippen molar-refractivity contribution < 1.29 is 4.79 Å². The Labute approximate surface area is 150 Å². The first-order chi connectivity index (χ1) is 11.9. The van der Waals surface area contributed by atoms with Gasteiger partial charge in [0, 0.05) is 19.1 Å². The molecule has 0 aliphatic carbocycles. The van der Waals surface area contributed by atoms with Crippen molar-refractivity contribution in [2.75, 3.05) is 13.1 Å². The molecule has 1 saturated heterocycles. The number of amides is 1. The Morgan fingerprint density at radius 1 is 1.24 bits per heavy atom. The third kappa shape index (κ3) is 3.43. The van der Waals surface area contributed by atoms with Crippen molar-refractivity contribution in [2.45, 2.75) is 58.7 Å². The van der Waals surface area contributed by atoms with E-state index in [1.54, 1.807) is 0 Å². The van der Waals surface area contributed by atoms with Crippen LogP contribution >= 0.6 is 0 Å². The van der Waals surface area contributed by atoms with E-state index in [1.807, 2.05) is 17.0 Å². The van der Waals surface area contributed by atoms with Gasteiger partial charge in [0.05, 0.1) is 23.6 Å². The summed E-state index contributed by atoms with van der Waals surface area (Å²) in [6.07, 6.45) is 2.18. The van der Waals surface area contributed by atoms with Gasteiger partial charge in [-0.2, -0.15) is 0 Å². The molecule has 1 unspecified atom stereocenters. The SMILES string of the molecule is CC(C)N(C(=O)CN1CCCC1c1nc2ccccc2n1C)C(C)C. The number of aromatic nitrogens is 2. The highest BCUT2D eigenvalue weighted by Crippen LogP contribution is 2.32. The van der Waals surface area contributed by atoms with Gasteiger partial charge >= 0.3 is 0 Å². The molecule has 0 N–H and O–H groups in total. The first-order valence-corrected chi connectivity index (χ1v) is 9.36. The van der Waals surface area contributed by atoms with Crippen molar-refractivity contribution >= 4 is 16.9 Å². The quantitative estimate of drug-likeness (QED) is 0.837. The molecule has 0 saturated carbocycles. The second kappa shape index (κ2) is 7.16. The molecule has 2 aromatic rings. The van der Waals surface area contributed by atoms with Crippen LogP contribution in [0, 0.1) is 0 Å². The normalized spacial score (nSPS) is 18.6. The predicted octanol–water partition coefficient (Wildman–Crippen LogP) is 3.36. The number of carbonyl (C=O) groups excluding carboxylic acids is 1. The van der Waals surface area contributed by atoms with Crippen molar-refractivity contribution in [3.63, 3.8) is 0 Å². The highest BCUT2D eigenvalue weighted by Gasteiger charge is 2.33. The van der Waals surface area contributed by atoms with Gasteiger partial charge in [-0.05, 0) is 59.2 Å². The summed E-state index contributed by atoms with van der Waals surface area (Å²) in [6.45, 7) is 9.79. The maximum atomic E-state index is 12.9. The Bertz CT molecular complexity index is 741. The number of likely N-dealkylation sites (tertiary alicyclic amines) is 1. The number of hydrogen-bond donors (Lipinski definition) is 0. The maximum Gasteiger partial charge on any atom is 0.237 e. The van der Waals surface area contributed by atoms with Crippen LogP contribution in [0.2, 0.25) is 0 Å². The molecule has 5 nitrogen and oxygen atoms in total. The molecule has 1 aliphatic heterocycles. The van der Waals surface area contributed by atoms with Gasteiger partial charge in [-0.25, -0.2) is 4.98 Å². The van der Waals surface area contributed by atoms with Gasteiger partial charge < -0.3 is 9.47 Å². The fourth-order valence-corrected chi connectivity index (χ4v) is 4.20. The first-order valence-electron chi connectivity index (χ1n) is 9.36. The fraction of sp³-hybridized carbons (Fsp3) is 0.600. The van der Waals surface area contributed by atoms with Gasteiger partial charge in [0.1, 0.15) is 5.82 Å². The molecule has 0 bridgehead atoms. The lowest BCUT2D eigenvalue weighted by Gasteiger charge is -2.33. The summed E-state index contributed by atoms with van der Waals surface area (Å²) in [5.41, 5.74) is 2.19. The Morgan fingerprint density at radius 3 is 2.56 bits per heavy atom. The molecule has 1 aromatic heterocycles. The van der Waals surface area contributed by atoms with E-state index in [2.05, 4.69) is 56.3 Å². The number of aryl methyl sites for hydroxylation is 1.